The number of amides is 1. The molecule has 0 aliphatic heterocycles. The summed E-state index contributed by atoms with van der Waals surface area (Å²) in [7, 11) is 0. The van der Waals surface area contributed by atoms with Gasteiger partial charge in [0.05, 0.1) is 6.54 Å². The Morgan fingerprint density at radius 2 is 1.96 bits per heavy atom. The van der Waals surface area contributed by atoms with Crippen molar-refractivity contribution in [3.63, 3.8) is 0 Å². The van der Waals surface area contributed by atoms with Crippen molar-refractivity contribution in [3.8, 4) is 5.75 Å². The number of rotatable bonds is 7. The first kappa shape index (κ1) is 18.2. The Morgan fingerprint density at radius 3 is 2.62 bits per heavy atom. The van der Waals surface area contributed by atoms with Crippen LogP contribution in [0.2, 0.25) is 5.02 Å². The maximum Gasteiger partial charge on any atom is 0.258 e. The molecule has 1 heterocycles. The fraction of sp³-hybridized carbons (Fsp3) is 0.0952. The van der Waals surface area contributed by atoms with Gasteiger partial charge in [-0.05, 0) is 53.9 Å². The molecule has 0 saturated carbocycles. The van der Waals surface area contributed by atoms with Gasteiger partial charge in [-0.1, -0.05) is 36.4 Å². The molecule has 1 amide bonds. The first-order chi connectivity index (χ1) is 12.7. The van der Waals surface area contributed by atoms with Gasteiger partial charge in [-0.3, -0.25) is 4.79 Å². The van der Waals surface area contributed by atoms with Crippen molar-refractivity contribution in [2.75, 3.05) is 11.5 Å². The van der Waals surface area contributed by atoms with Gasteiger partial charge < -0.3 is 9.64 Å². The molecular formula is C21H18ClNO2S. The quantitative estimate of drug-likeness (QED) is 0.481. The number of hydrogen-bond acceptors (Lipinski definition) is 3. The highest BCUT2D eigenvalue weighted by Crippen LogP contribution is 2.25. The van der Waals surface area contributed by atoms with Gasteiger partial charge >= 0.3 is 0 Å². The number of carbonyl (C=O) groups excluding carboxylic acids is 1. The minimum atomic E-state index is -0.0871. The Morgan fingerprint density at radius 1 is 1.15 bits per heavy atom. The van der Waals surface area contributed by atoms with Crippen LogP contribution in [0.1, 0.15) is 15.2 Å². The first-order valence-corrected chi connectivity index (χ1v) is 9.36. The third-order valence-electron chi connectivity index (χ3n) is 3.73. The molecule has 2 aromatic carbocycles. The number of halogens is 1. The Balaban J connectivity index is 1.87. The molecule has 0 atom stereocenters. The first-order valence-electron chi connectivity index (χ1n) is 8.11. The lowest BCUT2D eigenvalue weighted by atomic mass is 10.1. The third-order valence-corrected chi connectivity index (χ3v) is 4.82. The Kier molecular flexibility index (Phi) is 6.10. The Bertz CT molecular complexity index is 875. The van der Waals surface area contributed by atoms with E-state index in [0.29, 0.717) is 29.5 Å². The molecule has 0 N–H and O–H groups in total. The number of benzene rings is 2. The molecule has 0 saturated heterocycles. The Hall–Kier alpha value is -2.56. The van der Waals surface area contributed by atoms with E-state index in [1.807, 2.05) is 29.6 Å². The van der Waals surface area contributed by atoms with Crippen molar-refractivity contribution in [1.29, 1.82) is 0 Å². The fourth-order valence-electron chi connectivity index (χ4n) is 2.49. The molecule has 3 nitrogen and oxygen atoms in total. The summed E-state index contributed by atoms with van der Waals surface area (Å²) in [6, 6.07) is 18.4. The Labute approximate surface area is 162 Å². The summed E-state index contributed by atoms with van der Waals surface area (Å²) in [6.07, 6.45) is 1.68. The smallest absolute Gasteiger partial charge is 0.258 e. The van der Waals surface area contributed by atoms with Crippen LogP contribution in [0.5, 0.6) is 5.75 Å². The molecule has 132 valence electrons. The molecular weight excluding hydrogens is 366 g/mol. The van der Waals surface area contributed by atoms with Gasteiger partial charge in [0.2, 0.25) is 0 Å². The number of anilines is 1. The van der Waals surface area contributed by atoms with Crippen LogP contribution < -0.4 is 9.64 Å². The second kappa shape index (κ2) is 8.70. The third kappa shape index (κ3) is 4.54. The second-order valence-electron chi connectivity index (χ2n) is 5.57. The molecule has 26 heavy (non-hydrogen) atoms. The molecule has 5 heteroatoms. The monoisotopic (exact) mass is 383 g/mol. The van der Waals surface area contributed by atoms with Crippen molar-refractivity contribution < 1.29 is 9.53 Å². The summed E-state index contributed by atoms with van der Waals surface area (Å²) in [5.41, 5.74) is 1.36. The minimum Gasteiger partial charge on any atom is -0.490 e. The van der Waals surface area contributed by atoms with Gasteiger partial charge in [0.25, 0.3) is 5.91 Å². The summed E-state index contributed by atoms with van der Waals surface area (Å²) in [5, 5.41) is 2.60. The summed E-state index contributed by atoms with van der Waals surface area (Å²) >= 11 is 7.75. The molecule has 0 aliphatic carbocycles. The minimum absolute atomic E-state index is 0.0871. The van der Waals surface area contributed by atoms with Crippen LogP contribution in [-0.2, 0) is 6.54 Å². The molecule has 0 radical (unpaired) electrons. The van der Waals surface area contributed by atoms with E-state index in [1.54, 1.807) is 58.7 Å². The normalized spacial score (nSPS) is 10.3. The van der Waals surface area contributed by atoms with Crippen molar-refractivity contribution in [2.24, 2.45) is 0 Å². The van der Waals surface area contributed by atoms with Crippen LogP contribution in [-0.4, -0.2) is 12.5 Å². The molecule has 1 aromatic heterocycles. The van der Waals surface area contributed by atoms with Crippen LogP contribution in [0.25, 0.3) is 0 Å². The molecule has 0 aliphatic rings. The standard InChI is InChI=1S/C21H18ClNO2S/c1-2-12-25-19-10-8-16(9-11-19)21(24)23(15-20-7-4-13-26-20)18-6-3-5-17(22)14-18/h2-11,13-14H,1,12,15H2. The van der Waals surface area contributed by atoms with E-state index in [1.165, 1.54) is 0 Å². The van der Waals surface area contributed by atoms with Crippen LogP contribution in [0.3, 0.4) is 0 Å². The van der Waals surface area contributed by atoms with E-state index in [9.17, 15) is 4.79 Å². The van der Waals surface area contributed by atoms with Crippen LogP contribution in [0, 0.1) is 0 Å². The molecule has 3 aromatic rings. The molecule has 0 fully saturated rings. The lowest BCUT2D eigenvalue weighted by Crippen LogP contribution is -2.30. The fourth-order valence-corrected chi connectivity index (χ4v) is 3.36. The van der Waals surface area contributed by atoms with Crippen molar-refractivity contribution in [1.82, 2.24) is 0 Å². The molecule has 0 spiro atoms. The number of carbonyl (C=O) groups is 1. The number of nitrogens with zero attached hydrogens (tertiary/aromatic N) is 1. The topological polar surface area (TPSA) is 29.5 Å². The summed E-state index contributed by atoms with van der Waals surface area (Å²) in [6.45, 7) is 4.55. The van der Waals surface area contributed by atoms with Gasteiger partial charge in [0.1, 0.15) is 12.4 Å². The predicted octanol–water partition coefficient (Wildman–Crippen LogP) is 5.81. The summed E-state index contributed by atoms with van der Waals surface area (Å²) < 4.78 is 5.48. The van der Waals surface area contributed by atoms with Crippen molar-refractivity contribution in [3.05, 3.63) is 94.2 Å². The molecule has 0 unspecified atom stereocenters. The number of thiophene rings is 1. The highest BCUT2D eigenvalue weighted by atomic mass is 35.5. The van der Waals surface area contributed by atoms with E-state index in [2.05, 4.69) is 6.58 Å². The average Bonchev–Trinajstić information content (AvgIpc) is 3.17. The van der Waals surface area contributed by atoms with E-state index in [-0.39, 0.29) is 5.91 Å². The SMILES string of the molecule is C=CCOc1ccc(C(=O)N(Cc2cccs2)c2cccc(Cl)c2)cc1. The van der Waals surface area contributed by atoms with Gasteiger partial charge in [-0.25, -0.2) is 0 Å². The highest BCUT2D eigenvalue weighted by Gasteiger charge is 2.19. The molecule has 0 bridgehead atoms. The summed E-state index contributed by atoms with van der Waals surface area (Å²) in [4.78, 5) is 16.0. The van der Waals surface area contributed by atoms with Crippen LogP contribution in [0.4, 0.5) is 5.69 Å². The maximum atomic E-state index is 13.1. The van der Waals surface area contributed by atoms with Crippen molar-refractivity contribution >= 4 is 34.5 Å². The highest BCUT2D eigenvalue weighted by molar-refractivity contribution is 7.09. The lowest BCUT2D eigenvalue weighted by molar-refractivity contribution is 0.0985. The van der Waals surface area contributed by atoms with Gasteiger partial charge in [-0.2, -0.15) is 0 Å². The average molecular weight is 384 g/mol. The van der Waals surface area contributed by atoms with E-state index < -0.39 is 0 Å². The lowest BCUT2D eigenvalue weighted by Gasteiger charge is -2.23. The summed E-state index contributed by atoms with van der Waals surface area (Å²) in [5.74, 6) is 0.616. The zero-order valence-electron chi connectivity index (χ0n) is 14.1. The van der Waals surface area contributed by atoms with Crippen LogP contribution in [0.15, 0.2) is 78.7 Å². The maximum absolute atomic E-state index is 13.1. The van der Waals surface area contributed by atoms with Crippen molar-refractivity contribution in [2.45, 2.75) is 6.54 Å². The number of hydrogen-bond donors (Lipinski definition) is 0. The zero-order chi connectivity index (χ0) is 18.4. The van der Waals surface area contributed by atoms with Gasteiger partial charge in [0.15, 0.2) is 0 Å². The van der Waals surface area contributed by atoms with E-state index in [0.717, 1.165) is 10.6 Å². The predicted molar refractivity (Wildman–Crippen MR) is 108 cm³/mol. The number of ether oxygens (including phenoxy) is 1. The molecule has 3 rings (SSSR count). The zero-order valence-corrected chi connectivity index (χ0v) is 15.7. The second-order valence-corrected chi connectivity index (χ2v) is 7.04. The largest absolute Gasteiger partial charge is 0.490 e. The van der Waals surface area contributed by atoms with Gasteiger partial charge in [-0.15, -0.1) is 11.3 Å². The van der Waals surface area contributed by atoms with E-state index in [4.69, 9.17) is 16.3 Å². The van der Waals surface area contributed by atoms with Gasteiger partial charge in [0, 0.05) is 21.2 Å². The van der Waals surface area contributed by atoms with E-state index >= 15 is 0 Å². The van der Waals surface area contributed by atoms with Crippen LogP contribution >= 0.6 is 22.9 Å².